The van der Waals surface area contributed by atoms with Gasteiger partial charge in [0.15, 0.2) is 0 Å². The Labute approximate surface area is 131 Å². The number of fused-ring (bicyclic) bond motifs is 1. The maximum absolute atomic E-state index is 12.0. The van der Waals surface area contributed by atoms with Gasteiger partial charge in [0.2, 0.25) is 5.91 Å². The minimum absolute atomic E-state index is 0.0737. The molecule has 0 spiro atoms. The molecule has 2 aromatic rings. The van der Waals surface area contributed by atoms with Crippen LogP contribution in [0.3, 0.4) is 0 Å². The molecule has 1 aliphatic heterocycles. The Morgan fingerprint density at radius 2 is 1.86 bits per heavy atom. The highest BCUT2D eigenvalue weighted by atomic mass is 16.2. The van der Waals surface area contributed by atoms with Gasteiger partial charge in [-0.15, -0.1) is 0 Å². The van der Waals surface area contributed by atoms with Crippen molar-refractivity contribution >= 4 is 11.6 Å². The molecule has 0 saturated heterocycles. The number of amides is 1. The quantitative estimate of drug-likeness (QED) is 0.901. The SMILES string of the molecule is C[C@@H](NCc1ccccc1)c1ccc2c(c1)C(C)(C)C(=O)N2. The summed E-state index contributed by atoms with van der Waals surface area (Å²) in [4.78, 5) is 12.0. The summed E-state index contributed by atoms with van der Waals surface area (Å²) in [7, 11) is 0. The van der Waals surface area contributed by atoms with Gasteiger partial charge in [-0.3, -0.25) is 4.79 Å². The second-order valence-corrected chi connectivity index (χ2v) is 6.47. The maximum atomic E-state index is 12.0. The number of hydrogen-bond acceptors (Lipinski definition) is 2. The fraction of sp³-hybridized carbons (Fsp3) is 0.316. The van der Waals surface area contributed by atoms with Gasteiger partial charge in [0.1, 0.15) is 0 Å². The molecule has 1 amide bonds. The van der Waals surface area contributed by atoms with E-state index in [-0.39, 0.29) is 11.9 Å². The molecule has 3 heteroatoms. The summed E-state index contributed by atoms with van der Waals surface area (Å²) in [5.41, 5.74) is 4.05. The van der Waals surface area contributed by atoms with Gasteiger partial charge in [-0.1, -0.05) is 42.5 Å². The van der Waals surface area contributed by atoms with Crippen LogP contribution in [-0.2, 0) is 16.8 Å². The lowest BCUT2D eigenvalue weighted by Gasteiger charge is -2.19. The zero-order chi connectivity index (χ0) is 15.7. The number of benzene rings is 2. The summed E-state index contributed by atoms with van der Waals surface area (Å²) in [5.74, 6) is 0.0737. The van der Waals surface area contributed by atoms with Crippen LogP contribution in [0.15, 0.2) is 48.5 Å². The van der Waals surface area contributed by atoms with Crippen molar-refractivity contribution in [1.29, 1.82) is 0 Å². The summed E-state index contributed by atoms with van der Waals surface area (Å²) in [6.07, 6.45) is 0. The summed E-state index contributed by atoms with van der Waals surface area (Å²) >= 11 is 0. The van der Waals surface area contributed by atoms with Crippen LogP contribution in [0.1, 0.15) is 43.5 Å². The van der Waals surface area contributed by atoms with E-state index < -0.39 is 5.41 Å². The number of rotatable bonds is 4. The Morgan fingerprint density at radius 1 is 1.14 bits per heavy atom. The van der Waals surface area contributed by atoms with E-state index in [2.05, 4.69) is 54.0 Å². The van der Waals surface area contributed by atoms with E-state index in [1.54, 1.807) is 0 Å². The summed E-state index contributed by atoms with van der Waals surface area (Å²) in [6, 6.07) is 16.9. The standard InChI is InChI=1S/C19H22N2O/c1-13(20-12-14-7-5-4-6-8-14)15-9-10-17-16(11-15)19(2,3)18(22)21-17/h4-11,13,20H,12H2,1-3H3,(H,21,22)/t13-/m1/s1. The van der Waals surface area contributed by atoms with E-state index in [1.165, 1.54) is 11.1 Å². The van der Waals surface area contributed by atoms with E-state index >= 15 is 0 Å². The molecule has 114 valence electrons. The molecule has 0 bridgehead atoms. The third-order valence-electron chi connectivity index (χ3n) is 4.49. The van der Waals surface area contributed by atoms with Crippen LogP contribution >= 0.6 is 0 Å². The second-order valence-electron chi connectivity index (χ2n) is 6.47. The Bertz CT molecular complexity index is 692. The average molecular weight is 294 g/mol. The molecule has 3 nitrogen and oxygen atoms in total. The molecule has 0 fully saturated rings. The van der Waals surface area contributed by atoms with E-state index in [0.29, 0.717) is 0 Å². The van der Waals surface area contributed by atoms with Crippen molar-refractivity contribution in [2.24, 2.45) is 0 Å². The Balaban J connectivity index is 1.76. The van der Waals surface area contributed by atoms with Gasteiger partial charge in [-0.2, -0.15) is 0 Å². The first-order chi connectivity index (χ1) is 10.5. The number of carbonyl (C=O) groups is 1. The molecule has 0 radical (unpaired) electrons. The molecule has 3 rings (SSSR count). The molecular formula is C19H22N2O. The summed E-state index contributed by atoms with van der Waals surface area (Å²) in [5, 5.41) is 6.49. The van der Waals surface area contributed by atoms with Crippen LogP contribution in [-0.4, -0.2) is 5.91 Å². The predicted molar refractivity (Wildman–Crippen MR) is 89.8 cm³/mol. The van der Waals surface area contributed by atoms with Crippen LogP contribution < -0.4 is 10.6 Å². The molecule has 2 aromatic carbocycles. The third-order valence-corrected chi connectivity index (χ3v) is 4.49. The zero-order valence-electron chi connectivity index (χ0n) is 13.3. The van der Waals surface area contributed by atoms with E-state index in [9.17, 15) is 4.79 Å². The fourth-order valence-electron chi connectivity index (χ4n) is 2.84. The first kappa shape index (κ1) is 14.8. The monoisotopic (exact) mass is 294 g/mol. The lowest BCUT2D eigenvalue weighted by atomic mass is 9.85. The molecule has 0 aliphatic carbocycles. The average Bonchev–Trinajstić information content (AvgIpc) is 2.75. The molecule has 0 aromatic heterocycles. The van der Waals surface area contributed by atoms with E-state index in [0.717, 1.165) is 17.8 Å². The molecule has 1 aliphatic rings. The van der Waals surface area contributed by atoms with Gasteiger partial charge < -0.3 is 10.6 Å². The van der Waals surface area contributed by atoms with Crippen molar-refractivity contribution in [3.63, 3.8) is 0 Å². The lowest BCUT2D eigenvalue weighted by Crippen LogP contribution is -2.27. The van der Waals surface area contributed by atoms with Crippen LogP contribution in [0.4, 0.5) is 5.69 Å². The molecule has 0 unspecified atom stereocenters. The predicted octanol–water partition coefficient (Wildman–Crippen LogP) is 3.77. The Kier molecular flexibility index (Phi) is 3.75. The topological polar surface area (TPSA) is 41.1 Å². The number of carbonyl (C=O) groups excluding carboxylic acids is 1. The van der Waals surface area contributed by atoms with Crippen molar-refractivity contribution in [2.45, 2.75) is 38.8 Å². The van der Waals surface area contributed by atoms with Gasteiger partial charge in [0.05, 0.1) is 5.41 Å². The first-order valence-corrected chi connectivity index (χ1v) is 7.71. The normalized spacial score (nSPS) is 17.0. The lowest BCUT2D eigenvalue weighted by molar-refractivity contribution is -0.119. The van der Waals surface area contributed by atoms with Crippen molar-refractivity contribution in [3.05, 3.63) is 65.2 Å². The molecular weight excluding hydrogens is 272 g/mol. The summed E-state index contributed by atoms with van der Waals surface area (Å²) in [6.45, 7) is 6.93. The van der Waals surface area contributed by atoms with Crippen LogP contribution in [0, 0.1) is 0 Å². The van der Waals surface area contributed by atoms with Crippen LogP contribution in [0.2, 0.25) is 0 Å². The Morgan fingerprint density at radius 3 is 2.59 bits per heavy atom. The van der Waals surface area contributed by atoms with Gasteiger partial charge in [-0.25, -0.2) is 0 Å². The highest BCUT2D eigenvalue weighted by molar-refractivity contribution is 6.05. The molecule has 1 atom stereocenters. The van der Waals surface area contributed by atoms with Gasteiger partial charge in [0.25, 0.3) is 0 Å². The largest absolute Gasteiger partial charge is 0.325 e. The van der Waals surface area contributed by atoms with E-state index in [4.69, 9.17) is 0 Å². The second kappa shape index (κ2) is 5.58. The fourth-order valence-corrected chi connectivity index (χ4v) is 2.84. The van der Waals surface area contributed by atoms with Crippen molar-refractivity contribution in [2.75, 3.05) is 5.32 Å². The van der Waals surface area contributed by atoms with Gasteiger partial charge in [0, 0.05) is 18.3 Å². The van der Waals surface area contributed by atoms with Crippen molar-refractivity contribution in [3.8, 4) is 0 Å². The van der Waals surface area contributed by atoms with Crippen molar-refractivity contribution in [1.82, 2.24) is 5.32 Å². The van der Waals surface area contributed by atoms with Crippen LogP contribution in [0.25, 0.3) is 0 Å². The highest BCUT2D eigenvalue weighted by Gasteiger charge is 2.38. The Hall–Kier alpha value is -2.13. The molecule has 22 heavy (non-hydrogen) atoms. The highest BCUT2D eigenvalue weighted by Crippen LogP contribution is 2.38. The smallest absolute Gasteiger partial charge is 0.234 e. The van der Waals surface area contributed by atoms with Gasteiger partial charge >= 0.3 is 0 Å². The minimum Gasteiger partial charge on any atom is -0.325 e. The van der Waals surface area contributed by atoms with Crippen molar-refractivity contribution < 1.29 is 4.79 Å². The number of anilines is 1. The zero-order valence-corrected chi connectivity index (χ0v) is 13.3. The minimum atomic E-state index is -0.454. The number of hydrogen-bond donors (Lipinski definition) is 2. The summed E-state index contributed by atoms with van der Waals surface area (Å²) < 4.78 is 0. The molecule has 1 heterocycles. The van der Waals surface area contributed by atoms with E-state index in [1.807, 2.05) is 26.0 Å². The molecule has 2 N–H and O–H groups in total. The number of nitrogens with one attached hydrogen (secondary N) is 2. The first-order valence-electron chi connectivity index (χ1n) is 7.71. The van der Waals surface area contributed by atoms with Gasteiger partial charge in [-0.05, 0) is 43.5 Å². The van der Waals surface area contributed by atoms with Crippen LogP contribution in [0.5, 0.6) is 0 Å². The third kappa shape index (κ3) is 2.64. The molecule has 0 saturated carbocycles. The maximum Gasteiger partial charge on any atom is 0.234 e.